The van der Waals surface area contributed by atoms with Crippen molar-refractivity contribution in [2.45, 2.75) is 12.5 Å². The molecule has 0 aliphatic heterocycles. The second-order valence-corrected chi connectivity index (χ2v) is 4.42. The van der Waals surface area contributed by atoms with Gasteiger partial charge in [-0.15, -0.1) is 0 Å². The molecule has 0 heterocycles. The Hall–Kier alpha value is -0.990. The molecule has 2 N–H and O–H groups in total. The molecule has 0 aromatic rings. The lowest BCUT2D eigenvalue weighted by Crippen LogP contribution is -2.39. The highest BCUT2D eigenvalue weighted by Gasteiger charge is 2.15. The van der Waals surface area contributed by atoms with Gasteiger partial charge in [-0.3, -0.25) is 8.98 Å². The van der Waals surface area contributed by atoms with Gasteiger partial charge in [-0.25, -0.2) is 0 Å². The Bertz CT molecular complexity index is 311. The lowest BCUT2D eigenvalue weighted by Gasteiger charge is -2.10. The van der Waals surface area contributed by atoms with Crippen LogP contribution in [0.4, 0.5) is 0 Å². The smallest absolute Gasteiger partial charge is 0.321 e. The molecule has 0 spiro atoms. The van der Waals surface area contributed by atoms with Crippen LogP contribution >= 0.6 is 0 Å². The first kappa shape index (κ1) is 14.0. The van der Waals surface area contributed by atoms with Gasteiger partial charge >= 0.3 is 5.97 Å². The molecule has 88 valence electrons. The molecule has 0 bridgehead atoms. The first-order valence-electron chi connectivity index (χ1n) is 4.11. The standard InChI is InChI=1S/C7H13NO6S/c1-15(12,13)14-5-3-8-6(2-4-9)7(10)11/h4,6,8H,2-3,5H2,1H3,(H,10,11). The molecule has 1 unspecified atom stereocenters. The molecule has 0 fully saturated rings. The van der Waals surface area contributed by atoms with Gasteiger partial charge in [0.1, 0.15) is 12.3 Å². The molecule has 0 saturated heterocycles. The van der Waals surface area contributed by atoms with E-state index in [1.165, 1.54) is 0 Å². The van der Waals surface area contributed by atoms with Crippen LogP contribution in [0.5, 0.6) is 0 Å². The first-order chi connectivity index (χ1) is 6.87. The Balaban J connectivity index is 3.81. The predicted molar refractivity (Wildman–Crippen MR) is 50.9 cm³/mol. The summed E-state index contributed by atoms with van der Waals surface area (Å²) in [5, 5.41) is 11.1. The monoisotopic (exact) mass is 239 g/mol. The number of carboxylic acid groups (broad SMARTS) is 1. The summed E-state index contributed by atoms with van der Waals surface area (Å²) in [5.74, 6) is -1.17. The molecule has 0 radical (unpaired) electrons. The SMILES string of the molecule is CS(=O)(=O)OCCNC(CC=O)C(=O)O. The minimum absolute atomic E-state index is 0.0396. The van der Waals surface area contributed by atoms with E-state index in [-0.39, 0.29) is 19.6 Å². The maximum Gasteiger partial charge on any atom is 0.321 e. The average Bonchev–Trinajstić information content (AvgIpc) is 2.08. The van der Waals surface area contributed by atoms with Crippen LogP contribution < -0.4 is 5.32 Å². The Morgan fingerprint density at radius 1 is 1.60 bits per heavy atom. The number of hydrogen-bond acceptors (Lipinski definition) is 6. The number of aliphatic carboxylic acids is 1. The van der Waals surface area contributed by atoms with E-state index in [1.807, 2.05) is 0 Å². The summed E-state index contributed by atoms with van der Waals surface area (Å²) in [6.07, 6.45) is 1.20. The number of nitrogens with one attached hydrogen (secondary N) is 1. The van der Waals surface area contributed by atoms with Crippen molar-refractivity contribution in [3.8, 4) is 0 Å². The summed E-state index contributed by atoms with van der Waals surface area (Å²) < 4.78 is 25.4. The third-order valence-corrected chi connectivity index (χ3v) is 2.02. The molecular weight excluding hydrogens is 226 g/mol. The van der Waals surface area contributed by atoms with Crippen LogP contribution in [0.3, 0.4) is 0 Å². The zero-order valence-corrected chi connectivity index (χ0v) is 8.99. The zero-order valence-electron chi connectivity index (χ0n) is 8.17. The van der Waals surface area contributed by atoms with Crippen molar-refractivity contribution in [2.24, 2.45) is 0 Å². The fraction of sp³-hybridized carbons (Fsp3) is 0.714. The molecular formula is C7H13NO6S. The van der Waals surface area contributed by atoms with Crippen molar-refractivity contribution in [1.82, 2.24) is 5.32 Å². The van der Waals surface area contributed by atoms with Crippen molar-refractivity contribution in [3.05, 3.63) is 0 Å². The van der Waals surface area contributed by atoms with Crippen molar-refractivity contribution < 1.29 is 27.3 Å². The summed E-state index contributed by atoms with van der Waals surface area (Å²) in [5.41, 5.74) is 0. The highest BCUT2D eigenvalue weighted by molar-refractivity contribution is 7.85. The second-order valence-electron chi connectivity index (χ2n) is 2.77. The van der Waals surface area contributed by atoms with Crippen molar-refractivity contribution in [1.29, 1.82) is 0 Å². The van der Waals surface area contributed by atoms with E-state index in [9.17, 15) is 18.0 Å². The molecule has 0 saturated carbocycles. The minimum atomic E-state index is -3.51. The van der Waals surface area contributed by atoms with E-state index >= 15 is 0 Å². The Morgan fingerprint density at radius 3 is 2.60 bits per heavy atom. The fourth-order valence-corrected chi connectivity index (χ4v) is 1.18. The lowest BCUT2D eigenvalue weighted by molar-refractivity contribution is -0.140. The third-order valence-electron chi connectivity index (χ3n) is 1.42. The predicted octanol–water partition coefficient (Wildman–Crippen LogP) is -1.41. The summed E-state index contributed by atoms with van der Waals surface area (Å²) >= 11 is 0. The molecule has 0 aliphatic carbocycles. The zero-order chi connectivity index (χ0) is 11.9. The molecule has 0 aliphatic rings. The molecule has 0 rings (SSSR count). The fourth-order valence-electron chi connectivity index (χ4n) is 0.794. The van der Waals surface area contributed by atoms with Gasteiger partial charge in [0, 0.05) is 13.0 Å². The van der Waals surface area contributed by atoms with Gasteiger partial charge < -0.3 is 15.2 Å². The normalized spacial score (nSPS) is 13.4. The van der Waals surface area contributed by atoms with Crippen molar-refractivity contribution in [3.63, 3.8) is 0 Å². The summed E-state index contributed by atoms with van der Waals surface area (Å²) in [6.45, 7) is -0.126. The summed E-state index contributed by atoms with van der Waals surface area (Å²) in [4.78, 5) is 20.6. The highest BCUT2D eigenvalue weighted by Crippen LogP contribution is 1.90. The van der Waals surface area contributed by atoms with E-state index in [2.05, 4.69) is 9.50 Å². The molecule has 7 nitrogen and oxygen atoms in total. The molecule has 0 aromatic heterocycles. The molecule has 0 aromatic carbocycles. The van der Waals surface area contributed by atoms with Gasteiger partial charge in [-0.1, -0.05) is 0 Å². The van der Waals surface area contributed by atoms with Crippen LogP contribution in [-0.4, -0.2) is 51.2 Å². The van der Waals surface area contributed by atoms with Crippen LogP contribution in [0.1, 0.15) is 6.42 Å². The van der Waals surface area contributed by atoms with Crippen LogP contribution in [-0.2, 0) is 23.9 Å². The number of carbonyl (C=O) groups excluding carboxylic acids is 1. The van der Waals surface area contributed by atoms with E-state index in [4.69, 9.17) is 5.11 Å². The lowest BCUT2D eigenvalue weighted by atomic mass is 10.2. The quantitative estimate of drug-likeness (QED) is 0.304. The van der Waals surface area contributed by atoms with Gasteiger partial charge in [0.05, 0.1) is 12.9 Å². The van der Waals surface area contributed by atoms with Gasteiger partial charge in [-0.2, -0.15) is 8.42 Å². The maximum absolute atomic E-state index is 10.5. The van der Waals surface area contributed by atoms with E-state index < -0.39 is 22.1 Å². The summed E-state index contributed by atoms with van der Waals surface area (Å²) in [7, 11) is -3.51. The van der Waals surface area contributed by atoms with Crippen LogP contribution in [0.25, 0.3) is 0 Å². The van der Waals surface area contributed by atoms with Crippen LogP contribution in [0.15, 0.2) is 0 Å². The maximum atomic E-state index is 10.5. The Kier molecular flexibility index (Phi) is 6.06. The van der Waals surface area contributed by atoms with E-state index in [0.29, 0.717) is 6.29 Å². The second kappa shape index (κ2) is 6.49. The summed E-state index contributed by atoms with van der Waals surface area (Å²) in [6, 6.07) is -1.01. The molecule has 15 heavy (non-hydrogen) atoms. The number of rotatable bonds is 8. The van der Waals surface area contributed by atoms with Crippen LogP contribution in [0.2, 0.25) is 0 Å². The topological polar surface area (TPSA) is 110 Å². The Labute approximate surface area is 87.5 Å². The van der Waals surface area contributed by atoms with Gasteiger partial charge in [-0.05, 0) is 0 Å². The van der Waals surface area contributed by atoms with E-state index in [0.717, 1.165) is 6.26 Å². The van der Waals surface area contributed by atoms with E-state index in [1.54, 1.807) is 0 Å². The largest absolute Gasteiger partial charge is 0.480 e. The number of aldehydes is 1. The van der Waals surface area contributed by atoms with Gasteiger partial charge in [0.2, 0.25) is 0 Å². The van der Waals surface area contributed by atoms with Gasteiger partial charge in [0.25, 0.3) is 10.1 Å². The molecule has 8 heteroatoms. The Morgan fingerprint density at radius 2 is 2.20 bits per heavy atom. The van der Waals surface area contributed by atoms with Gasteiger partial charge in [0.15, 0.2) is 0 Å². The van der Waals surface area contributed by atoms with Crippen molar-refractivity contribution in [2.75, 3.05) is 19.4 Å². The highest BCUT2D eigenvalue weighted by atomic mass is 32.2. The number of hydrogen-bond donors (Lipinski definition) is 2. The minimum Gasteiger partial charge on any atom is -0.480 e. The van der Waals surface area contributed by atoms with Crippen LogP contribution in [0, 0.1) is 0 Å². The third kappa shape index (κ3) is 8.03. The van der Waals surface area contributed by atoms with Crippen molar-refractivity contribution >= 4 is 22.4 Å². The number of carbonyl (C=O) groups is 2. The first-order valence-corrected chi connectivity index (χ1v) is 5.92. The molecule has 1 atom stereocenters. The average molecular weight is 239 g/mol. The number of carboxylic acids is 1. The molecule has 0 amide bonds.